The van der Waals surface area contributed by atoms with E-state index in [0.29, 0.717) is 12.1 Å². The third-order valence-corrected chi connectivity index (χ3v) is 2.81. The number of para-hydroxylation sites is 1. The summed E-state index contributed by atoms with van der Waals surface area (Å²) in [5.41, 5.74) is 2.22. The largest absolute Gasteiger partial charge is 0.387 e. The molecule has 0 atom stereocenters. The molecule has 0 saturated heterocycles. The molecule has 3 nitrogen and oxygen atoms in total. The van der Waals surface area contributed by atoms with E-state index in [-0.39, 0.29) is 11.7 Å². The summed E-state index contributed by atoms with van der Waals surface area (Å²) < 4.78 is 12.8. The second kappa shape index (κ2) is 6.00. The lowest BCUT2D eigenvalue weighted by Gasteiger charge is -2.09. The average molecular weight is 258 g/mol. The van der Waals surface area contributed by atoms with Crippen molar-refractivity contribution in [1.82, 2.24) is 5.32 Å². The number of carbonyl (C=O) groups is 1. The number of amides is 1. The molecule has 0 bridgehead atoms. The van der Waals surface area contributed by atoms with Gasteiger partial charge in [-0.2, -0.15) is 0 Å². The summed E-state index contributed by atoms with van der Waals surface area (Å²) in [6.07, 6.45) is 0. The molecular formula is C15H15FN2O. The third-order valence-electron chi connectivity index (χ3n) is 2.81. The Balaban J connectivity index is 2.03. The lowest BCUT2D eigenvalue weighted by Crippen LogP contribution is -2.23. The van der Waals surface area contributed by atoms with Gasteiger partial charge in [0.05, 0.1) is 5.56 Å². The van der Waals surface area contributed by atoms with Crippen molar-refractivity contribution in [2.75, 3.05) is 12.4 Å². The molecule has 0 spiro atoms. The highest BCUT2D eigenvalue weighted by atomic mass is 19.1. The summed E-state index contributed by atoms with van der Waals surface area (Å²) in [7, 11) is 1.77. The first-order valence-corrected chi connectivity index (χ1v) is 6.00. The quantitative estimate of drug-likeness (QED) is 0.885. The van der Waals surface area contributed by atoms with E-state index < -0.39 is 0 Å². The topological polar surface area (TPSA) is 41.1 Å². The molecule has 0 radical (unpaired) electrons. The van der Waals surface area contributed by atoms with Crippen molar-refractivity contribution < 1.29 is 9.18 Å². The summed E-state index contributed by atoms with van der Waals surface area (Å²) in [5, 5.41) is 5.78. The van der Waals surface area contributed by atoms with E-state index in [0.717, 1.165) is 11.3 Å². The van der Waals surface area contributed by atoms with Gasteiger partial charge >= 0.3 is 0 Å². The zero-order valence-corrected chi connectivity index (χ0v) is 10.6. The van der Waals surface area contributed by atoms with Crippen LogP contribution in [0.5, 0.6) is 0 Å². The molecule has 0 aliphatic rings. The summed E-state index contributed by atoms with van der Waals surface area (Å²) in [6, 6.07) is 13.3. The predicted octanol–water partition coefficient (Wildman–Crippen LogP) is 2.80. The minimum atomic E-state index is -0.282. The maximum absolute atomic E-state index is 12.8. The van der Waals surface area contributed by atoms with Gasteiger partial charge in [0.1, 0.15) is 5.82 Å². The minimum absolute atomic E-state index is 0.158. The average Bonchev–Trinajstić information content (AvgIpc) is 2.46. The molecule has 0 aromatic heterocycles. The van der Waals surface area contributed by atoms with Gasteiger partial charge in [0, 0.05) is 19.3 Å². The molecule has 0 unspecified atom stereocenters. The van der Waals surface area contributed by atoms with Gasteiger partial charge in [0.15, 0.2) is 0 Å². The number of benzene rings is 2. The molecule has 0 saturated carbocycles. The molecular weight excluding hydrogens is 243 g/mol. The number of halogens is 1. The summed E-state index contributed by atoms with van der Waals surface area (Å²) in [4.78, 5) is 12.0. The van der Waals surface area contributed by atoms with Gasteiger partial charge in [-0.15, -0.1) is 0 Å². The van der Waals surface area contributed by atoms with Crippen molar-refractivity contribution in [2.45, 2.75) is 6.54 Å². The fourth-order valence-electron chi connectivity index (χ4n) is 1.78. The molecule has 2 aromatic carbocycles. The maximum Gasteiger partial charge on any atom is 0.253 e. The van der Waals surface area contributed by atoms with Crippen LogP contribution in [-0.2, 0) is 6.54 Å². The van der Waals surface area contributed by atoms with E-state index in [1.807, 2.05) is 18.2 Å². The van der Waals surface area contributed by atoms with Crippen LogP contribution in [0.3, 0.4) is 0 Å². The van der Waals surface area contributed by atoms with Crippen LogP contribution in [0.25, 0.3) is 0 Å². The van der Waals surface area contributed by atoms with Crippen LogP contribution in [0.15, 0.2) is 48.5 Å². The highest BCUT2D eigenvalue weighted by Crippen LogP contribution is 2.14. The first-order valence-electron chi connectivity index (χ1n) is 6.00. The number of hydrogen-bond acceptors (Lipinski definition) is 2. The number of hydrogen-bond donors (Lipinski definition) is 2. The Labute approximate surface area is 111 Å². The van der Waals surface area contributed by atoms with Crippen LogP contribution in [0.4, 0.5) is 10.1 Å². The van der Waals surface area contributed by atoms with Crippen molar-refractivity contribution >= 4 is 11.6 Å². The Hall–Kier alpha value is -2.36. The van der Waals surface area contributed by atoms with Crippen LogP contribution in [0.2, 0.25) is 0 Å². The Morgan fingerprint density at radius 3 is 2.47 bits per heavy atom. The Bertz CT molecular complexity index is 567. The molecule has 0 fully saturated rings. The second-order valence-electron chi connectivity index (χ2n) is 4.10. The maximum atomic E-state index is 12.8. The Kier molecular flexibility index (Phi) is 4.13. The SMILES string of the molecule is CNc1ccccc1C(=O)NCc1ccc(F)cc1. The van der Waals surface area contributed by atoms with Gasteiger partial charge in [-0.1, -0.05) is 24.3 Å². The highest BCUT2D eigenvalue weighted by molar-refractivity contribution is 5.99. The van der Waals surface area contributed by atoms with Gasteiger partial charge in [0.25, 0.3) is 5.91 Å². The molecule has 2 aromatic rings. The lowest BCUT2D eigenvalue weighted by molar-refractivity contribution is 0.0951. The molecule has 2 N–H and O–H groups in total. The third kappa shape index (κ3) is 3.31. The highest BCUT2D eigenvalue weighted by Gasteiger charge is 2.09. The standard InChI is InChI=1S/C15H15FN2O/c1-17-14-5-3-2-4-13(14)15(19)18-10-11-6-8-12(16)9-7-11/h2-9,17H,10H2,1H3,(H,18,19). The molecule has 0 heterocycles. The van der Waals surface area contributed by atoms with Crippen molar-refractivity contribution in [3.8, 4) is 0 Å². The summed E-state index contributed by atoms with van der Waals surface area (Å²) >= 11 is 0. The van der Waals surface area contributed by atoms with Gasteiger partial charge in [-0.25, -0.2) is 4.39 Å². The van der Waals surface area contributed by atoms with Gasteiger partial charge in [-0.05, 0) is 29.8 Å². The van der Waals surface area contributed by atoms with Crippen LogP contribution in [0, 0.1) is 5.82 Å². The van der Waals surface area contributed by atoms with Gasteiger partial charge < -0.3 is 10.6 Å². The zero-order chi connectivity index (χ0) is 13.7. The molecule has 0 aliphatic heterocycles. The number of rotatable bonds is 4. The molecule has 4 heteroatoms. The fourth-order valence-corrected chi connectivity index (χ4v) is 1.78. The fraction of sp³-hybridized carbons (Fsp3) is 0.133. The second-order valence-corrected chi connectivity index (χ2v) is 4.10. The summed E-state index contributed by atoms with van der Waals surface area (Å²) in [6.45, 7) is 0.372. The van der Waals surface area contributed by atoms with Crippen molar-refractivity contribution in [3.63, 3.8) is 0 Å². The Morgan fingerprint density at radius 2 is 1.79 bits per heavy atom. The number of carbonyl (C=O) groups excluding carboxylic acids is 1. The van der Waals surface area contributed by atoms with Crippen molar-refractivity contribution in [3.05, 3.63) is 65.5 Å². The lowest BCUT2D eigenvalue weighted by atomic mass is 10.1. The monoisotopic (exact) mass is 258 g/mol. The van der Waals surface area contributed by atoms with Gasteiger partial charge in [0.2, 0.25) is 0 Å². The molecule has 2 rings (SSSR count). The van der Waals surface area contributed by atoms with Crippen LogP contribution in [0.1, 0.15) is 15.9 Å². The van der Waals surface area contributed by atoms with Crippen LogP contribution < -0.4 is 10.6 Å². The molecule has 0 aliphatic carbocycles. The van der Waals surface area contributed by atoms with Gasteiger partial charge in [-0.3, -0.25) is 4.79 Å². The number of nitrogens with one attached hydrogen (secondary N) is 2. The Morgan fingerprint density at radius 1 is 1.11 bits per heavy atom. The first-order chi connectivity index (χ1) is 9.20. The number of anilines is 1. The van der Waals surface area contributed by atoms with E-state index in [2.05, 4.69) is 10.6 Å². The predicted molar refractivity (Wildman–Crippen MR) is 73.6 cm³/mol. The van der Waals surface area contributed by atoms with Crippen LogP contribution in [-0.4, -0.2) is 13.0 Å². The van der Waals surface area contributed by atoms with Crippen molar-refractivity contribution in [1.29, 1.82) is 0 Å². The summed E-state index contributed by atoms with van der Waals surface area (Å²) in [5.74, 6) is -0.440. The van der Waals surface area contributed by atoms with Crippen molar-refractivity contribution in [2.24, 2.45) is 0 Å². The van der Waals surface area contributed by atoms with E-state index in [4.69, 9.17) is 0 Å². The smallest absolute Gasteiger partial charge is 0.253 e. The molecule has 1 amide bonds. The van der Waals surface area contributed by atoms with E-state index in [1.54, 1.807) is 25.2 Å². The van der Waals surface area contributed by atoms with Crippen LogP contribution >= 0.6 is 0 Å². The zero-order valence-electron chi connectivity index (χ0n) is 10.6. The molecule has 19 heavy (non-hydrogen) atoms. The van der Waals surface area contributed by atoms with E-state index >= 15 is 0 Å². The van der Waals surface area contributed by atoms with E-state index in [1.165, 1.54) is 12.1 Å². The molecule has 98 valence electrons. The normalized spacial score (nSPS) is 10.0. The first kappa shape index (κ1) is 13.1. The minimum Gasteiger partial charge on any atom is -0.387 e. The van der Waals surface area contributed by atoms with E-state index in [9.17, 15) is 9.18 Å².